The number of aliphatic hydroxyl groups excluding tert-OH is 1. The number of likely N-dealkylation sites (tertiary alicyclic amines) is 1. The maximum atomic E-state index is 13.8. The minimum atomic E-state index is -0.696. The van der Waals surface area contributed by atoms with E-state index in [0.717, 1.165) is 19.3 Å². The first kappa shape index (κ1) is 24.1. The molecule has 1 aromatic carbocycles. The van der Waals surface area contributed by atoms with E-state index in [4.69, 9.17) is 0 Å². The molecule has 3 aliphatic heterocycles. The molecule has 0 saturated carbocycles. The van der Waals surface area contributed by atoms with Crippen molar-refractivity contribution in [1.29, 1.82) is 0 Å². The number of para-hydroxylation sites is 1. The number of aliphatic hydroxyl groups is 1. The second-order valence-electron chi connectivity index (χ2n) is 10.1. The number of anilines is 1. The molecule has 3 saturated heterocycles. The maximum Gasteiger partial charge on any atom is 0.244 e. The summed E-state index contributed by atoms with van der Waals surface area (Å²) in [5.41, 5.74) is 0.696. The number of benzene rings is 1. The Morgan fingerprint density at radius 3 is 2.55 bits per heavy atom. The monoisotopic (exact) mass is 473 g/mol. The molecule has 3 aliphatic rings. The Kier molecular flexibility index (Phi) is 6.53. The summed E-state index contributed by atoms with van der Waals surface area (Å²) >= 11 is 1.65. The molecule has 3 unspecified atom stereocenters. The summed E-state index contributed by atoms with van der Waals surface area (Å²) in [6, 6.07) is 8.07. The molecule has 7 nitrogen and oxygen atoms in total. The van der Waals surface area contributed by atoms with Gasteiger partial charge < -0.3 is 20.6 Å². The van der Waals surface area contributed by atoms with Gasteiger partial charge in [0.15, 0.2) is 0 Å². The van der Waals surface area contributed by atoms with Gasteiger partial charge in [0.25, 0.3) is 0 Å². The third kappa shape index (κ3) is 3.85. The van der Waals surface area contributed by atoms with Crippen LogP contribution in [0.25, 0.3) is 0 Å². The van der Waals surface area contributed by atoms with Crippen LogP contribution >= 0.6 is 11.8 Å². The molecule has 0 aromatic heterocycles. The third-order valence-electron chi connectivity index (χ3n) is 7.64. The summed E-state index contributed by atoms with van der Waals surface area (Å²) < 4.78 is -1.08. The number of hydrogen-bond donors (Lipinski definition) is 3. The van der Waals surface area contributed by atoms with Gasteiger partial charge in [0.1, 0.15) is 6.04 Å². The van der Waals surface area contributed by atoms with Crippen molar-refractivity contribution in [2.75, 3.05) is 11.9 Å². The van der Waals surface area contributed by atoms with Crippen LogP contribution in [0, 0.1) is 11.8 Å². The topological polar surface area (TPSA) is 98.7 Å². The van der Waals surface area contributed by atoms with Crippen LogP contribution in [0.3, 0.4) is 0 Å². The molecule has 7 atom stereocenters. The van der Waals surface area contributed by atoms with Gasteiger partial charge in [-0.1, -0.05) is 31.5 Å². The van der Waals surface area contributed by atoms with E-state index >= 15 is 0 Å². The molecule has 1 aromatic rings. The zero-order valence-corrected chi connectivity index (χ0v) is 20.7. The molecular formula is C25H35N3O4S. The highest BCUT2D eigenvalue weighted by atomic mass is 32.2. The number of hydrogen-bond acceptors (Lipinski definition) is 5. The second-order valence-corrected chi connectivity index (χ2v) is 12.0. The van der Waals surface area contributed by atoms with Gasteiger partial charge in [0, 0.05) is 16.5 Å². The number of thioether (sulfide) groups is 1. The van der Waals surface area contributed by atoms with Crippen molar-refractivity contribution in [3.63, 3.8) is 0 Å². The van der Waals surface area contributed by atoms with E-state index in [1.807, 2.05) is 37.3 Å². The standard InChI is InChI=1S/C25H35N3O4S/c1-5-9-15(2)26-22(31)20-25-13-12-24(4,33-25)18(19(25)23(32)28(20)16(3)14-29)21(30)27-17-10-7-6-8-11-17/h6-8,10-11,15-16,18-20,29H,5,9,12-14H2,1-4H3,(H,26,31)(H,27,30)/t15?,16-,18+,19+,20?,24-,25?/m1/s1. The number of rotatable bonds is 8. The van der Waals surface area contributed by atoms with E-state index in [-0.39, 0.29) is 30.4 Å². The van der Waals surface area contributed by atoms with Crippen LogP contribution in [0.1, 0.15) is 53.4 Å². The van der Waals surface area contributed by atoms with Crippen molar-refractivity contribution < 1.29 is 19.5 Å². The van der Waals surface area contributed by atoms with Gasteiger partial charge in [-0.3, -0.25) is 14.4 Å². The molecule has 3 heterocycles. The molecule has 180 valence electrons. The average molecular weight is 474 g/mol. The summed E-state index contributed by atoms with van der Waals surface area (Å²) in [6.07, 6.45) is 3.27. The lowest BCUT2D eigenvalue weighted by atomic mass is 9.66. The third-order valence-corrected chi connectivity index (χ3v) is 9.62. The van der Waals surface area contributed by atoms with Crippen LogP contribution in [0.4, 0.5) is 5.69 Å². The summed E-state index contributed by atoms with van der Waals surface area (Å²) in [6.45, 7) is 7.64. The quantitative estimate of drug-likeness (QED) is 0.539. The van der Waals surface area contributed by atoms with Gasteiger partial charge in [0.2, 0.25) is 17.7 Å². The van der Waals surface area contributed by atoms with Crippen LogP contribution in [-0.4, -0.2) is 62.0 Å². The predicted molar refractivity (Wildman–Crippen MR) is 130 cm³/mol. The predicted octanol–water partition coefficient (Wildman–Crippen LogP) is 2.79. The molecule has 3 N–H and O–H groups in total. The lowest BCUT2D eigenvalue weighted by Gasteiger charge is -2.36. The molecule has 0 aliphatic carbocycles. The van der Waals surface area contributed by atoms with Gasteiger partial charge in [0.05, 0.1) is 29.2 Å². The number of fused-ring (bicyclic) bond motifs is 1. The average Bonchev–Trinajstić information content (AvgIpc) is 3.34. The Labute approximate surface area is 200 Å². The number of nitrogens with zero attached hydrogens (tertiary/aromatic N) is 1. The Morgan fingerprint density at radius 2 is 1.91 bits per heavy atom. The molecule has 33 heavy (non-hydrogen) atoms. The molecule has 3 fully saturated rings. The van der Waals surface area contributed by atoms with Crippen LogP contribution in [-0.2, 0) is 14.4 Å². The normalized spacial score (nSPS) is 34.2. The first-order valence-electron chi connectivity index (χ1n) is 12.0. The van der Waals surface area contributed by atoms with Crippen molar-refractivity contribution in [3.8, 4) is 0 Å². The van der Waals surface area contributed by atoms with Gasteiger partial charge >= 0.3 is 0 Å². The van der Waals surface area contributed by atoms with E-state index in [0.29, 0.717) is 12.1 Å². The van der Waals surface area contributed by atoms with E-state index in [1.54, 1.807) is 23.6 Å². The zero-order chi connectivity index (χ0) is 24.0. The van der Waals surface area contributed by atoms with Crippen molar-refractivity contribution in [3.05, 3.63) is 30.3 Å². The fourth-order valence-corrected chi connectivity index (χ4v) is 8.54. The molecule has 2 bridgehead atoms. The molecule has 3 amide bonds. The molecule has 0 radical (unpaired) electrons. The number of amides is 3. The van der Waals surface area contributed by atoms with Gasteiger partial charge in [-0.2, -0.15) is 0 Å². The molecule has 8 heteroatoms. The summed E-state index contributed by atoms with van der Waals surface area (Å²) in [5, 5.41) is 16.0. The van der Waals surface area contributed by atoms with E-state index in [1.165, 1.54) is 0 Å². The Bertz CT molecular complexity index is 927. The minimum absolute atomic E-state index is 0.00398. The fraction of sp³-hybridized carbons (Fsp3) is 0.640. The zero-order valence-electron chi connectivity index (χ0n) is 19.8. The minimum Gasteiger partial charge on any atom is -0.394 e. The first-order chi connectivity index (χ1) is 15.7. The number of carbonyl (C=O) groups excluding carboxylic acids is 3. The van der Waals surface area contributed by atoms with Crippen LogP contribution in [0.2, 0.25) is 0 Å². The number of nitrogens with one attached hydrogen (secondary N) is 2. The lowest BCUT2D eigenvalue weighted by molar-refractivity contribution is -0.142. The lowest BCUT2D eigenvalue weighted by Crippen LogP contribution is -2.57. The summed E-state index contributed by atoms with van der Waals surface area (Å²) in [5.74, 6) is -1.66. The maximum absolute atomic E-state index is 13.8. The van der Waals surface area contributed by atoms with Gasteiger partial charge in [-0.05, 0) is 52.2 Å². The van der Waals surface area contributed by atoms with Gasteiger partial charge in [-0.25, -0.2) is 0 Å². The van der Waals surface area contributed by atoms with Crippen molar-refractivity contribution in [2.24, 2.45) is 11.8 Å². The first-order valence-corrected chi connectivity index (χ1v) is 12.8. The van der Waals surface area contributed by atoms with E-state index in [2.05, 4.69) is 24.5 Å². The molecule has 1 spiro atoms. The fourth-order valence-electron chi connectivity index (χ4n) is 6.19. The smallest absolute Gasteiger partial charge is 0.244 e. The Hall–Kier alpha value is -2.06. The number of carbonyl (C=O) groups is 3. The Morgan fingerprint density at radius 1 is 1.21 bits per heavy atom. The van der Waals surface area contributed by atoms with Crippen molar-refractivity contribution in [2.45, 2.75) is 81.0 Å². The van der Waals surface area contributed by atoms with Crippen molar-refractivity contribution in [1.82, 2.24) is 10.2 Å². The van der Waals surface area contributed by atoms with Crippen LogP contribution in [0.5, 0.6) is 0 Å². The van der Waals surface area contributed by atoms with Gasteiger partial charge in [-0.15, -0.1) is 11.8 Å². The molecule has 4 rings (SSSR count). The van der Waals surface area contributed by atoms with E-state index < -0.39 is 33.4 Å². The summed E-state index contributed by atoms with van der Waals surface area (Å²) in [4.78, 5) is 42.6. The summed E-state index contributed by atoms with van der Waals surface area (Å²) in [7, 11) is 0. The largest absolute Gasteiger partial charge is 0.394 e. The SMILES string of the molecule is CCCC(C)NC(=O)C1N([C@H](C)CO)C(=O)[C@@H]2[C@@H](C(=O)Nc3ccccc3)[C@@]3(C)CCC12S3. The van der Waals surface area contributed by atoms with Crippen LogP contribution < -0.4 is 10.6 Å². The van der Waals surface area contributed by atoms with Crippen molar-refractivity contribution >= 4 is 35.2 Å². The van der Waals surface area contributed by atoms with E-state index in [9.17, 15) is 19.5 Å². The highest BCUT2D eigenvalue weighted by Gasteiger charge is 2.77. The highest BCUT2D eigenvalue weighted by molar-refractivity contribution is 8.02. The second kappa shape index (κ2) is 8.95. The highest BCUT2D eigenvalue weighted by Crippen LogP contribution is 2.71. The Balaban J connectivity index is 1.70. The molecular weight excluding hydrogens is 438 g/mol. The van der Waals surface area contributed by atoms with Crippen LogP contribution in [0.15, 0.2) is 30.3 Å².